The van der Waals surface area contributed by atoms with E-state index in [1.807, 2.05) is 0 Å². The summed E-state index contributed by atoms with van der Waals surface area (Å²) >= 11 is 1.77. The van der Waals surface area contributed by atoms with Crippen molar-refractivity contribution in [3.8, 4) is 10.7 Å². The predicted octanol–water partition coefficient (Wildman–Crippen LogP) is 1.94. The number of nitrogen functional groups attached to an aromatic ring is 1. The third-order valence-corrected chi connectivity index (χ3v) is 5.64. The molecule has 0 saturated carbocycles. The highest BCUT2D eigenvalue weighted by Gasteiger charge is 2.40. The second-order valence-electron chi connectivity index (χ2n) is 5.61. The molecule has 4 heterocycles. The fourth-order valence-electron chi connectivity index (χ4n) is 3.23. The van der Waals surface area contributed by atoms with Crippen molar-refractivity contribution in [2.75, 3.05) is 25.4 Å². The SMILES string of the molecule is Nc1ccnc(-c2cc3c(s2)C2(CCNCC2)OCC3)n1. The molecule has 1 saturated heterocycles. The van der Waals surface area contributed by atoms with Crippen LogP contribution in [0.25, 0.3) is 10.7 Å². The summed E-state index contributed by atoms with van der Waals surface area (Å²) in [7, 11) is 0. The van der Waals surface area contributed by atoms with Crippen molar-refractivity contribution in [2.24, 2.45) is 0 Å². The highest BCUT2D eigenvalue weighted by Crippen LogP contribution is 2.46. The Morgan fingerprint density at radius 3 is 3.00 bits per heavy atom. The van der Waals surface area contributed by atoms with Crippen molar-refractivity contribution in [1.82, 2.24) is 15.3 Å². The number of ether oxygens (including phenoxy) is 1. The summed E-state index contributed by atoms with van der Waals surface area (Å²) in [5, 5.41) is 3.42. The number of nitrogens with zero attached hydrogens (tertiary/aromatic N) is 2. The van der Waals surface area contributed by atoms with Crippen LogP contribution in [0.4, 0.5) is 5.82 Å². The number of rotatable bonds is 1. The number of hydrogen-bond donors (Lipinski definition) is 2. The Morgan fingerprint density at radius 1 is 1.33 bits per heavy atom. The third-order valence-electron chi connectivity index (χ3n) is 4.28. The van der Waals surface area contributed by atoms with E-state index in [0.29, 0.717) is 5.82 Å². The lowest BCUT2D eigenvalue weighted by Crippen LogP contribution is -2.43. The van der Waals surface area contributed by atoms with Crippen LogP contribution in [0.2, 0.25) is 0 Å². The molecule has 0 amide bonds. The zero-order valence-electron chi connectivity index (χ0n) is 11.8. The van der Waals surface area contributed by atoms with Gasteiger partial charge in [0, 0.05) is 11.1 Å². The summed E-state index contributed by atoms with van der Waals surface area (Å²) in [5.74, 6) is 1.23. The molecule has 5 nitrogen and oxygen atoms in total. The zero-order valence-corrected chi connectivity index (χ0v) is 12.6. The second-order valence-corrected chi connectivity index (χ2v) is 6.67. The summed E-state index contributed by atoms with van der Waals surface area (Å²) < 4.78 is 6.21. The zero-order chi connectivity index (χ0) is 14.3. The molecule has 2 aromatic rings. The number of nitrogens with two attached hydrogens (primary N) is 1. The van der Waals surface area contributed by atoms with Crippen molar-refractivity contribution in [3.05, 3.63) is 28.8 Å². The Hall–Kier alpha value is -1.50. The first-order valence-electron chi connectivity index (χ1n) is 7.34. The van der Waals surface area contributed by atoms with Crippen LogP contribution in [0.3, 0.4) is 0 Å². The monoisotopic (exact) mass is 302 g/mol. The van der Waals surface area contributed by atoms with Gasteiger partial charge in [-0.05, 0) is 50.0 Å². The highest BCUT2D eigenvalue weighted by molar-refractivity contribution is 7.15. The molecule has 3 N–H and O–H groups in total. The molecule has 4 rings (SSSR count). The normalized spacial score (nSPS) is 20.4. The van der Waals surface area contributed by atoms with Gasteiger partial charge in [0.05, 0.1) is 11.5 Å². The number of piperidine rings is 1. The Kier molecular flexibility index (Phi) is 3.17. The summed E-state index contributed by atoms with van der Waals surface area (Å²) in [5.41, 5.74) is 7.08. The average Bonchev–Trinajstić information content (AvgIpc) is 2.94. The maximum absolute atomic E-state index is 6.21. The molecule has 6 heteroatoms. The first-order valence-corrected chi connectivity index (χ1v) is 8.15. The highest BCUT2D eigenvalue weighted by atomic mass is 32.1. The molecule has 2 aromatic heterocycles. The van der Waals surface area contributed by atoms with Gasteiger partial charge in [0.25, 0.3) is 0 Å². The average molecular weight is 302 g/mol. The van der Waals surface area contributed by atoms with Crippen LogP contribution in [0.1, 0.15) is 23.3 Å². The van der Waals surface area contributed by atoms with E-state index in [9.17, 15) is 0 Å². The lowest BCUT2D eigenvalue weighted by molar-refractivity contribution is -0.0771. The standard InChI is InChI=1S/C15H18N4OS/c16-12-1-5-18-14(19-12)11-9-10-2-8-20-15(13(10)21-11)3-6-17-7-4-15/h1,5,9,17H,2-4,6-8H2,(H2,16,18,19). The van der Waals surface area contributed by atoms with E-state index in [1.54, 1.807) is 23.6 Å². The van der Waals surface area contributed by atoms with Crippen molar-refractivity contribution in [2.45, 2.75) is 24.9 Å². The van der Waals surface area contributed by atoms with Crippen LogP contribution in [-0.4, -0.2) is 29.7 Å². The molecule has 21 heavy (non-hydrogen) atoms. The molecule has 110 valence electrons. The Balaban J connectivity index is 1.77. The molecule has 0 unspecified atom stereocenters. The van der Waals surface area contributed by atoms with Crippen LogP contribution in [-0.2, 0) is 16.8 Å². The van der Waals surface area contributed by atoms with Gasteiger partial charge in [-0.25, -0.2) is 9.97 Å². The van der Waals surface area contributed by atoms with E-state index in [0.717, 1.165) is 49.7 Å². The lowest BCUT2D eigenvalue weighted by atomic mass is 9.86. The molecule has 0 aromatic carbocycles. The van der Waals surface area contributed by atoms with Gasteiger partial charge in [-0.15, -0.1) is 11.3 Å². The number of anilines is 1. The molecular weight excluding hydrogens is 284 g/mol. The maximum Gasteiger partial charge on any atom is 0.171 e. The largest absolute Gasteiger partial charge is 0.384 e. The van der Waals surface area contributed by atoms with Crippen LogP contribution in [0.5, 0.6) is 0 Å². The van der Waals surface area contributed by atoms with Gasteiger partial charge >= 0.3 is 0 Å². The number of hydrogen-bond acceptors (Lipinski definition) is 6. The van der Waals surface area contributed by atoms with E-state index in [2.05, 4.69) is 21.4 Å². The predicted molar refractivity (Wildman–Crippen MR) is 83.2 cm³/mol. The molecule has 1 spiro atoms. The fourth-order valence-corrected chi connectivity index (χ4v) is 4.58. The fraction of sp³-hybridized carbons (Fsp3) is 0.467. The van der Waals surface area contributed by atoms with Crippen molar-refractivity contribution >= 4 is 17.2 Å². The molecule has 0 aliphatic carbocycles. The number of nitrogens with one attached hydrogen (secondary N) is 1. The minimum Gasteiger partial charge on any atom is -0.384 e. The topological polar surface area (TPSA) is 73.1 Å². The van der Waals surface area contributed by atoms with E-state index < -0.39 is 0 Å². The summed E-state index contributed by atoms with van der Waals surface area (Å²) in [4.78, 5) is 11.2. The quantitative estimate of drug-likeness (QED) is 0.842. The Bertz CT molecular complexity index is 663. The van der Waals surface area contributed by atoms with Crippen LogP contribution < -0.4 is 11.1 Å². The summed E-state index contributed by atoms with van der Waals surface area (Å²) in [6, 6.07) is 3.94. The minimum atomic E-state index is -0.0952. The van der Waals surface area contributed by atoms with Gasteiger partial charge in [-0.3, -0.25) is 0 Å². The number of fused-ring (bicyclic) bond motifs is 2. The first-order chi connectivity index (χ1) is 10.3. The molecule has 2 aliphatic heterocycles. The van der Waals surface area contributed by atoms with Crippen LogP contribution >= 0.6 is 11.3 Å². The summed E-state index contributed by atoms with van der Waals surface area (Å²) in [6.45, 7) is 2.84. The van der Waals surface area contributed by atoms with Gasteiger partial charge in [-0.2, -0.15) is 0 Å². The number of thiophene rings is 1. The van der Waals surface area contributed by atoms with Gasteiger partial charge in [0.2, 0.25) is 0 Å². The van der Waals surface area contributed by atoms with Crippen LogP contribution in [0.15, 0.2) is 18.3 Å². The van der Waals surface area contributed by atoms with Crippen LogP contribution in [0, 0.1) is 0 Å². The minimum absolute atomic E-state index is 0.0952. The van der Waals surface area contributed by atoms with Gasteiger partial charge in [-0.1, -0.05) is 0 Å². The van der Waals surface area contributed by atoms with E-state index in [1.165, 1.54) is 10.4 Å². The molecule has 1 fully saturated rings. The van der Waals surface area contributed by atoms with E-state index >= 15 is 0 Å². The molecular formula is C15H18N4OS. The third kappa shape index (κ3) is 2.23. The van der Waals surface area contributed by atoms with Gasteiger partial charge < -0.3 is 15.8 Å². The molecule has 2 aliphatic rings. The first kappa shape index (κ1) is 13.2. The van der Waals surface area contributed by atoms with Gasteiger partial charge in [0.1, 0.15) is 11.4 Å². The van der Waals surface area contributed by atoms with E-state index in [4.69, 9.17) is 10.5 Å². The molecule has 0 bridgehead atoms. The van der Waals surface area contributed by atoms with Gasteiger partial charge in [0.15, 0.2) is 5.82 Å². The molecule has 0 radical (unpaired) electrons. The second kappa shape index (κ2) is 5.05. The smallest absolute Gasteiger partial charge is 0.171 e. The lowest BCUT2D eigenvalue weighted by Gasteiger charge is -2.40. The van der Waals surface area contributed by atoms with Crippen molar-refractivity contribution < 1.29 is 4.74 Å². The van der Waals surface area contributed by atoms with Crippen molar-refractivity contribution in [3.63, 3.8) is 0 Å². The Labute approximate surface area is 127 Å². The Morgan fingerprint density at radius 2 is 2.19 bits per heavy atom. The van der Waals surface area contributed by atoms with E-state index in [-0.39, 0.29) is 5.60 Å². The number of aromatic nitrogens is 2. The van der Waals surface area contributed by atoms with Crippen molar-refractivity contribution in [1.29, 1.82) is 0 Å². The maximum atomic E-state index is 6.21. The summed E-state index contributed by atoms with van der Waals surface area (Å²) in [6.07, 6.45) is 4.77. The molecule has 0 atom stereocenters.